The van der Waals surface area contributed by atoms with Crippen molar-refractivity contribution < 1.29 is 28.9 Å². The van der Waals surface area contributed by atoms with Crippen molar-refractivity contribution in [1.82, 2.24) is 5.01 Å². The van der Waals surface area contributed by atoms with Gasteiger partial charge in [0.05, 0.1) is 18.2 Å². The average Bonchev–Trinajstić information content (AvgIpc) is 3.35. The lowest BCUT2D eigenvalue weighted by Gasteiger charge is -2.39. The van der Waals surface area contributed by atoms with Gasteiger partial charge in [-0.2, -0.15) is 5.10 Å². The lowest BCUT2D eigenvalue weighted by atomic mass is 9.87. The van der Waals surface area contributed by atoms with Crippen molar-refractivity contribution in [3.8, 4) is 0 Å². The molecule has 5 atom stereocenters. The Hall–Kier alpha value is -3.24. The van der Waals surface area contributed by atoms with Crippen LogP contribution in [0.2, 0.25) is 0 Å². The number of benzene rings is 1. The third kappa shape index (κ3) is 4.49. The van der Waals surface area contributed by atoms with Crippen LogP contribution in [-0.4, -0.2) is 70.8 Å². The molecule has 0 aliphatic carbocycles. The van der Waals surface area contributed by atoms with Crippen LogP contribution in [0.1, 0.15) is 32.3 Å². The summed E-state index contributed by atoms with van der Waals surface area (Å²) in [5.74, 6) is -0.600. The number of carbonyl (C=O) groups is 2. The van der Waals surface area contributed by atoms with E-state index in [1.807, 2.05) is 36.4 Å². The molecule has 1 unspecified atom stereocenters. The number of esters is 2. The van der Waals surface area contributed by atoms with Crippen molar-refractivity contribution in [2.75, 3.05) is 6.61 Å². The second kappa shape index (κ2) is 9.32. The van der Waals surface area contributed by atoms with E-state index in [-0.39, 0.29) is 19.4 Å². The maximum Gasteiger partial charge on any atom is 0.310 e. The van der Waals surface area contributed by atoms with Crippen LogP contribution in [0.5, 0.6) is 0 Å². The van der Waals surface area contributed by atoms with E-state index in [4.69, 9.17) is 19.9 Å². The van der Waals surface area contributed by atoms with Crippen molar-refractivity contribution in [3.63, 3.8) is 0 Å². The molecule has 3 aliphatic heterocycles. The van der Waals surface area contributed by atoms with Crippen molar-refractivity contribution in [2.24, 2.45) is 15.8 Å². The fourth-order valence-electron chi connectivity index (χ4n) is 4.40. The van der Waals surface area contributed by atoms with Crippen LogP contribution in [0.4, 0.5) is 0 Å². The predicted molar refractivity (Wildman–Crippen MR) is 119 cm³/mol. The molecule has 1 aromatic carbocycles. The molecular formula is C23H28N4O6. The molecule has 1 saturated heterocycles. The number of hydrogen-bond acceptors (Lipinski definition) is 10. The van der Waals surface area contributed by atoms with Crippen LogP contribution in [0, 0.1) is 0 Å². The highest BCUT2D eigenvalue weighted by molar-refractivity contribution is 6.02. The Morgan fingerprint density at radius 1 is 1.30 bits per heavy atom. The molecule has 0 saturated carbocycles. The summed E-state index contributed by atoms with van der Waals surface area (Å²) in [6, 6.07) is 8.80. The smallest absolute Gasteiger partial charge is 0.310 e. The molecule has 0 aromatic heterocycles. The van der Waals surface area contributed by atoms with Crippen LogP contribution in [0.25, 0.3) is 0 Å². The van der Waals surface area contributed by atoms with Crippen molar-refractivity contribution in [1.29, 1.82) is 0 Å². The number of hydrazone groups is 1. The Morgan fingerprint density at radius 3 is 2.79 bits per heavy atom. The van der Waals surface area contributed by atoms with Crippen molar-refractivity contribution in [2.45, 2.75) is 63.1 Å². The fourth-order valence-corrected chi connectivity index (χ4v) is 4.40. The van der Waals surface area contributed by atoms with Gasteiger partial charge in [0.25, 0.3) is 0 Å². The van der Waals surface area contributed by atoms with Crippen LogP contribution in [-0.2, 0) is 30.2 Å². The number of rotatable bonds is 7. The second-order valence-electron chi connectivity index (χ2n) is 8.37. The summed E-state index contributed by atoms with van der Waals surface area (Å²) < 4.78 is 17.2. The monoisotopic (exact) mass is 456 g/mol. The molecule has 0 radical (unpaired) electrons. The first kappa shape index (κ1) is 22.9. The number of fused-ring (bicyclic) bond motifs is 1. The first-order valence-electron chi connectivity index (χ1n) is 10.9. The normalized spacial score (nSPS) is 30.5. The highest BCUT2D eigenvalue weighted by Gasteiger charge is 2.60. The number of aliphatic imine (C=N–C) groups is 1. The van der Waals surface area contributed by atoms with E-state index < -0.39 is 41.9 Å². The summed E-state index contributed by atoms with van der Waals surface area (Å²) in [6.45, 7) is 3.23. The third-order valence-corrected chi connectivity index (χ3v) is 6.20. The fraction of sp³-hybridized carbons (Fsp3) is 0.478. The van der Waals surface area contributed by atoms with Gasteiger partial charge in [-0.05, 0) is 18.9 Å². The minimum atomic E-state index is -1.18. The molecule has 10 heteroatoms. The maximum atomic E-state index is 12.4. The highest BCUT2D eigenvalue weighted by Crippen LogP contribution is 2.42. The number of amidine groups is 1. The summed E-state index contributed by atoms with van der Waals surface area (Å²) in [4.78, 5) is 28.4. The van der Waals surface area contributed by atoms with E-state index in [0.717, 1.165) is 5.56 Å². The van der Waals surface area contributed by atoms with E-state index in [0.29, 0.717) is 18.0 Å². The molecule has 0 bridgehead atoms. The molecule has 1 aromatic rings. The van der Waals surface area contributed by atoms with E-state index in [1.165, 1.54) is 6.34 Å². The standard InChI is InChI=1S/C23H28N4O6/c1-3-18(28)32-20-16(12-31-19(29)11-14-7-5-4-6-8-14)33-23(2,21(20)30)17-10-9-15-22(24)25-13-26-27(15)17/h4-9,13,16-17,20-21,30H,3,10-12H2,1-2H3,(H2,24,25,26)/t16-,17?,20-,21-,23+/m1/s1. The molecule has 33 heavy (non-hydrogen) atoms. The molecule has 4 rings (SSSR count). The summed E-state index contributed by atoms with van der Waals surface area (Å²) in [6.07, 6.45) is 0.918. The molecule has 0 amide bonds. The Morgan fingerprint density at radius 2 is 2.06 bits per heavy atom. The number of nitrogens with zero attached hydrogens (tertiary/aromatic N) is 3. The topological polar surface area (TPSA) is 136 Å². The van der Waals surface area contributed by atoms with Crippen molar-refractivity contribution >= 4 is 24.1 Å². The van der Waals surface area contributed by atoms with Crippen LogP contribution >= 0.6 is 0 Å². The SMILES string of the molecule is CCC(=O)O[C@H]1[C@@H](O)[C@](C)(C2CC=C3C(N)=NC=NN32)O[C@@H]1COC(=O)Cc1ccccc1. The van der Waals surface area contributed by atoms with Crippen molar-refractivity contribution in [3.05, 3.63) is 47.7 Å². The van der Waals surface area contributed by atoms with Gasteiger partial charge >= 0.3 is 11.9 Å². The van der Waals surface area contributed by atoms with Gasteiger partial charge in [0.1, 0.15) is 30.8 Å². The van der Waals surface area contributed by atoms with Crippen LogP contribution in [0.15, 0.2) is 52.2 Å². The molecule has 3 N–H and O–H groups in total. The molecule has 0 spiro atoms. The Balaban J connectivity index is 1.48. The number of aliphatic hydroxyl groups is 1. The minimum absolute atomic E-state index is 0.101. The lowest BCUT2D eigenvalue weighted by molar-refractivity contribution is -0.160. The Labute approximate surface area is 191 Å². The van der Waals surface area contributed by atoms with Gasteiger partial charge in [-0.1, -0.05) is 43.3 Å². The van der Waals surface area contributed by atoms with Crippen LogP contribution < -0.4 is 5.73 Å². The van der Waals surface area contributed by atoms with E-state index in [1.54, 1.807) is 18.9 Å². The Bertz CT molecular complexity index is 994. The highest BCUT2D eigenvalue weighted by atomic mass is 16.6. The Kier molecular flexibility index (Phi) is 6.48. The quantitative estimate of drug-likeness (QED) is 0.577. The summed E-state index contributed by atoms with van der Waals surface area (Å²) >= 11 is 0. The van der Waals surface area contributed by atoms with Gasteiger partial charge in [-0.15, -0.1) is 0 Å². The van der Waals surface area contributed by atoms with E-state index >= 15 is 0 Å². The molecule has 10 nitrogen and oxygen atoms in total. The molecule has 3 aliphatic rings. The van der Waals surface area contributed by atoms with Gasteiger partial charge in [0.2, 0.25) is 0 Å². The average molecular weight is 456 g/mol. The first-order valence-corrected chi connectivity index (χ1v) is 10.9. The zero-order chi connectivity index (χ0) is 23.6. The zero-order valence-electron chi connectivity index (χ0n) is 18.6. The van der Waals surface area contributed by atoms with Gasteiger partial charge in [-0.3, -0.25) is 14.6 Å². The third-order valence-electron chi connectivity index (χ3n) is 6.20. The molecule has 1 fully saturated rings. The molecular weight excluding hydrogens is 428 g/mol. The van der Waals surface area contributed by atoms with Gasteiger partial charge in [-0.25, -0.2) is 4.99 Å². The minimum Gasteiger partial charge on any atom is -0.463 e. The van der Waals surface area contributed by atoms with E-state index in [9.17, 15) is 14.7 Å². The van der Waals surface area contributed by atoms with Gasteiger partial charge in [0, 0.05) is 6.42 Å². The summed E-state index contributed by atoms with van der Waals surface area (Å²) in [5, 5.41) is 17.2. The second-order valence-corrected chi connectivity index (χ2v) is 8.37. The predicted octanol–water partition coefficient (Wildman–Crippen LogP) is 0.885. The number of ether oxygens (including phenoxy) is 3. The first-order chi connectivity index (χ1) is 15.8. The van der Waals surface area contributed by atoms with Crippen LogP contribution in [0.3, 0.4) is 0 Å². The van der Waals surface area contributed by atoms with E-state index in [2.05, 4.69) is 10.1 Å². The number of carbonyl (C=O) groups excluding carboxylic acids is 2. The number of nitrogens with two attached hydrogens (primary N) is 1. The summed E-state index contributed by atoms with van der Waals surface area (Å²) in [5.41, 5.74) is 6.24. The van der Waals surface area contributed by atoms with Gasteiger partial charge < -0.3 is 25.1 Å². The van der Waals surface area contributed by atoms with Gasteiger partial charge in [0.15, 0.2) is 11.9 Å². The number of aliphatic hydroxyl groups excluding tert-OH is 1. The molecule has 176 valence electrons. The maximum absolute atomic E-state index is 12.4. The number of hydrogen-bond donors (Lipinski definition) is 2. The summed E-state index contributed by atoms with van der Waals surface area (Å²) in [7, 11) is 0. The zero-order valence-corrected chi connectivity index (χ0v) is 18.6. The lowest BCUT2D eigenvalue weighted by Crippen LogP contribution is -2.55. The largest absolute Gasteiger partial charge is 0.463 e. The molecule has 3 heterocycles.